The van der Waals surface area contributed by atoms with Crippen molar-refractivity contribution < 1.29 is 22.7 Å². The summed E-state index contributed by atoms with van der Waals surface area (Å²) in [6.45, 7) is 0.966. The molecule has 0 unspecified atom stereocenters. The molecule has 0 bridgehead atoms. The predicted octanol–water partition coefficient (Wildman–Crippen LogP) is 1.27. The second-order valence-corrected chi connectivity index (χ2v) is 5.33. The summed E-state index contributed by atoms with van der Waals surface area (Å²) in [5.41, 5.74) is -2.63. The Morgan fingerprint density at radius 3 is 2.54 bits per heavy atom. The molecule has 2 heterocycles. The Morgan fingerprint density at radius 2 is 1.88 bits per heavy atom. The van der Waals surface area contributed by atoms with Crippen molar-refractivity contribution in [3.8, 4) is 0 Å². The van der Waals surface area contributed by atoms with Crippen LogP contribution in [0.25, 0.3) is 11.0 Å². The lowest BCUT2D eigenvalue weighted by molar-refractivity contribution is -0.143. The number of ether oxygens (including phenoxy) is 1. The van der Waals surface area contributed by atoms with Crippen LogP contribution >= 0.6 is 0 Å². The maximum Gasteiger partial charge on any atom is 0.438 e. The number of hydrogen-bond acceptors (Lipinski definition) is 4. The standard InChI is InChI=1S/C15H14F3N3O3/c16-15(17,18)13-14(23)21(11-4-2-1-3-10(11)19-13)9-12(22)20-5-7-24-8-6-20/h1-4H,5-9H2. The van der Waals surface area contributed by atoms with Crippen LogP contribution < -0.4 is 5.56 Å². The van der Waals surface area contributed by atoms with Crippen LogP contribution in [0.1, 0.15) is 5.69 Å². The first kappa shape index (κ1) is 16.4. The molecule has 1 aliphatic rings. The first-order valence-electron chi connectivity index (χ1n) is 7.30. The zero-order valence-electron chi connectivity index (χ0n) is 12.5. The zero-order valence-corrected chi connectivity index (χ0v) is 12.5. The van der Waals surface area contributed by atoms with Crippen LogP contribution in [0.4, 0.5) is 13.2 Å². The highest BCUT2D eigenvalue weighted by Gasteiger charge is 2.37. The van der Waals surface area contributed by atoms with Crippen molar-refractivity contribution in [1.82, 2.24) is 14.5 Å². The second-order valence-electron chi connectivity index (χ2n) is 5.33. The number of nitrogens with zero attached hydrogens (tertiary/aromatic N) is 3. The molecule has 1 saturated heterocycles. The van der Waals surface area contributed by atoms with Crippen molar-refractivity contribution in [1.29, 1.82) is 0 Å². The molecular weight excluding hydrogens is 327 g/mol. The molecule has 0 N–H and O–H groups in total. The molecule has 0 atom stereocenters. The lowest BCUT2D eigenvalue weighted by Gasteiger charge is -2.27. The van der Waals surface area contributed by atoms with E-state index in [-0.39, 0.29) is 11.0 Å². The van der Waals surface area contributed by atoms with Gasteiger partial charge in [0.15, 0.2) is 0 Å². The van der Waals surface area contributed by atoms with Gasteiger partial charge in [-0.1, -0.05) is 12.1 Å². The van der Waals surface area contributed by atoms with Gasteiger partial charge in [-0.05, 0) is 12.1 Å². The minimum atomic E-state index is -4.88. The first-order chi connectivity index (χ1) is 11.4. The third kappa shape index (κ3) is 3.12. The van der Waals surface area contributed by atoms with Crippen LogP contribution in [0, 0.1) is 0 Å². The van der Waals surface area contributed by atoms with Crippen molar-refractivity contribution in [3.63, 3.8) is 0 Å². The molecule has 9 heteroatoms. The Balaban J connectivity index is 2.06. The molecule has 1 aromatic carbocycles. The molecule has 3 rings (SSSR count). The van der Waals surface area contributed by atoms with Gasteiger partial charge in [-0.15, -0.1) is 0 Å². The Labute approximate surface area is 134 Å². The van der Waals surface area contributed by atoms with Gasteiger partial charge in [-0.2, -0.15) is 13.2 Å². The van der Waals surface area contributed by atoms with E-state index in [1.807, 2.05) is 0 Å². The average Bonchev–Trinajstić information content (AvgIpc) is 2.56. The van der Waals surface area contributed by atoms with Gasteiger partial charge in [0.1, 0.15) is 6.54 Å². The predicted molar refractivity (Wildman–Crippen MR) is 78.4 cm³/mol. The molecule has 0 saturated carbocycles. The quantitative estimate of drug-likeness (QED) is 0.825. The molecule has 24 heavy (non-hydrogen) atoms. The molecular formula is C15H14F3N3O3. The minimum Gasteiger partial charge on any atom is -0.378 e. The van der Waals surface area contributed by atoms with E-state index in [1.54, 1.807) is 6.07 Å². The van der Waals surface area contributed by atoms with E-state index in [0.29, 0.717) is 26.3 Å². The molecule has 1 fully saturated rings. The summed E-state index contributed by atoms with van der Waals surface area (Å²) in [5, 5.41) is 0. The smallest absolute Gasteiger partial charge is 0.378 e. The number of morpholine rings is 1. The molecule has 1 amide bonds. The van der Waals surface area contributed by atoms with Gasteiger partial charge in [-0.25, -0.2) is 4.98 Å². The maximum atomic E-state index is 13.1. The molecule has 1 aromatic heterocycles. The van der Waals surface area contributed by atoms with Crippen molar-refractivity contribution in [3.05, 3.63) is 40.3 Å². The molecule has 0 spiro atoms. The molecule has 128 valence electrons. The largest absolute Gasteiger partial charge is 0.438 e. The van der Waals surface area contributed by atoms with Gasteiger partial charge in [-0.3, -0.25) is 14.2 Å². The van der Waals surface area contributed by atoms with E-state index >= 15 is 0 Å². The highest BCUT2D eigenvalue weighted by Crippen LogP contribution is 2.26. The highest BCUT2D eigenvalue weighted by molar-refractivity contribution is 5.80. The number of para-hydroxylation sites is 2. The molecule has 1 aliphatic heterocycles. The molecule has 6 nitrogen and oxygen atoms in total. The number of fused-ring (bicyclic) bond motifs is 1. The van der Waals surface area contributed by atoms with Gasteiger partial charge >= 0.3 is 6.18 Å². The number of alkyl halides is 3. The van der Waals surface area contributed by atoms with Crippen LogP contribution in [0.5, 0.6) is 0 Å². The Morgan fingerprint density at radius 1 is 1.21 bits per heavy atom. The van der Waals surface area contributed by atoms with E-state index in [1.165, 1.54) is 23.1 Å². The molecule has 0 radical (unpaired) electrons. The van der Waals surface area contributed by atoms with E-state index < -0.39 is 29.9 Å². The van der Waals surface area contributed by atoms with Crippen molar-refractivity contribution in [2.45, 2.75) is 12.7 Å². The summed E-state index contributed by atoms with van der Waals surface area (Å²) in [6.07, 6.45) is -4.88. The van der Waals surface area contributed by atoms with Crippen LogP contribution in [-0.2, 0) is 22.3 Å². The summed E-state index contributed by atoms with van der Waals surface area (Å²) in [5.74, 6) is -0.426. The van der Waals surface area contributed by atoms with Crippen LogP contribution in [0.3, 0.4) is 0 Å². The average molecular weight is 341 g/mol. The topological polar surface area (TPSA) is 64.4 Å². The molecule has 0 aliphatic carbocycles. The number of aromatic nitrogens is 2. The fraction of sp³-hybridized carbons (Fsp3) is 0.400. The number of hydrogen-bond donors (Lipinski definition) is 0. The van der Waals surface area contributed by atoms with Crippen LogP contribution in [0.15, 0.2) is 29.1 Å². The SMILES string of the molecule is O=C(Cn1c(=O)c(C(F)(F)F)nc2ccccc21)N1CCOCC1. The third-order valence-corrected chi connectivity index (χ3v) is 3.78. The summed E-state index contributed by atoms with van der Waals surface area (Å²) in [7, 11) is 0. The monoisotopic (exact) mass is 341 g/mol. The Kier molecular flexibility index (Phi) is 4.27. The van der Waals surface area contributed by atoms with Crippen molar-refractivity contribution in [2.24, 2.45) is 0 Å². The van der Waals surface area contributed by atoms with E-state index in [4.69, 9.17) is 4.74 Å². The second kappa shape index (κ2) is 6.23. The third-order valence-electron chi connectivity index (χ3n) is 3.78. The van der Waals surface area contributed by atoms with Gasteiger partial charge in [0.05, 0.1) is 24.2 Å². The lowest BCUT2D eigenvalue weighted by atomic mass is 10.2. The highest BCUT2D eigenvalue weighted by atomic mass is 19.4. The summed E-state index contributed by atoms with van der Waals surface area (Å²) in [6, 6.07) is 5.94. The van der Waals surface area contributed by atoms with Gasteiger partial charge in [0.25, 0.3) is 5.56 Å². The Hall–Kier alpha value is -2.42. The van der Waals surface area contributed by atoms with Gasteiger partial charge < -0.3 is 9.64 Å². The van der Waals surface area contributed by atoms with Crippen LogP contribution in [0.2, 0.25) is 0 Å². The van der Waals surface area contributed by atoms with Crippen LogP contribution in [-0.4, -0.2) is 46.7 Å². The zero-order chi connectivity index (χ0) is 17.3. The number of carbonyl (C=O) groups is 1. The number of amides is 1. The van der Waals surface area contributed by atoms with E-state index in [0.717, 1.165) is 4.57 Å². The fourth-order valence-electron chi connectivity index (χ4n) is 2.58. The first-order valence-corrected chi connectivity index (χ1v) is 7.30. The van der Waals surface area contributed by atoms with Crippen molar-refractivity contribution >= 4 is 16.9 Å². The Bertz CT molecular complexity index is 826. The van der Waals surface area contributed by atoms with E-state index in [9.17, 15) is 22.8 Å². The fourth-order valence-corrected chi connectivity index (χ4v) is 2.58. The summed E-state index contributed by atoms with van der Waals surface area (Å²) < 4.78 is 45.2. The van der Waals surface area contributed by atoms with Crippen molar-refractivity contribution in [2.75, 3.05) is 26.3 Å². The van der Waals surface area contributed by atoms with Gasteiger partial charge in [0.2, 0.25) is 11.6 Å². The number of carbonyl (C=O) groups excluding carboxylic acids is 1. The normalized spacial score (nSPS) is 15.7. The lowest BCUT2D eigenvalue weighted by Crippen LogP contribution is -2.44. The van der Waals surface area contributed by atoms with E-state index in [2.05, 4.69) is 4.98 Å². The van der Waals surface area contributed by atoms with Gasteiger partial charge in [0, 0.05) is 13.1 Å². The number of benzene rings is 1. The number of halogens is 3. The summed E-state index contributed by atoms with van der Waals surface area (Å²) in [4.78, 5) is 29.5. The minimum absolute atomic E-state index is 0.0132. The number of rotatable bonds is 2. The molecule has 2 aromatic rings. The maximum absolute atomic E-state index is 13.1. The summed E-state index contributed by atoms with van der Waals surface area (Å²) >= 11 is 0.